The van der Waals surface area contributed by atoms with Crippen LogP contribution >= 0.6 is 7.82 Å². The number of hydrogen-bond donors (Lipinski definition) is 3. The molecular formula is C31H60NO9P. The molecule has 0 saturated carbocycles. The van der Waals surface area contributed by atoms with Gasteiger partial charge >= 0.3 is 19.8 Å². The number of phosphoric ester groups is 1. The number of unbranched alkanes of at least 4 members (excludes halogenated alkanes) is 18. The Morgan fingerprint density at radius 2 is 1.07 bits per heavy atom. The van der Waals surface area contributed by atoms with Crippen molar-refractivity contribution >= 4 is 25.7 Å². The summed E-state index contributed by atoms with van der Waals surface area (Å²) >= 11 is 0. The van der Waals surface area contributed by atoms with E-state index in [1.54, 1.807) is 6.92 Å². The van der Waals surface area contributed by atoms with Crippen LogP contribution in [-0.2, 0) is 32.9 Å². The Hall–Kier alpha value is -1.48. The molecular weight excluding hydrogens is 561 g/mol. The first-order valence-electron chi connectivity index (χ1n) is 16.4. The highest BCUT2D eigenvalue weighted by Gasteiger charge is 2.22. The van der Waals surface area contributed by atoms with Crippen LogP contribution in [0.3, 0.4) is 0 Å². The van der Waals surface area contributed by atoms with Crippen LogP contribution in [0.15, 0.2) is 0 Å². The Morgan fingerprint density at radius 3 is 1.52 bits per heavy atom. The maximum absolute atomic E-state index is 12.2. The molecule has 10 nitrogen and oxygen atoms in total. The molecule has 0 spiro atoms. The quantitative estimate of drug-likeness (QED) is 0.0427. The summed E-state index contributed by atoms with van der Waals surface area (Å²) < 4.78 is 26.1. The smallest absolute Gasteiger partial charge is 0.462 e. The highest BCUT2D eigenvalue weighted by atomic mass is 31.2. The SMILES string of the molecule is CCCCCCCCCCCC(=O)O[C@@H](COC(=O)CCCCCCCCCCCCCNC(C)=O)COP(=O)(O)O. The van der Waals surface area contributed by atoms with Crippen LogP contribution in [0.4, 0.5) is 0 Å². The first kappa shape index (κ1) is 40.5. The second kappa shape index (κ2) is 28.3. The fraction of sp³-hybridized carbons (Fsp3) is 0.903. The summed E-state index contributed by atoms with van der Waals surface area (Å²) in [5.74, 6) is -0.885. The lowest BCUT2D eigenvalue weighted by Crippen LogP contribution is -2.29. The van der Waals surface area contributed by atoms with Crippen LogP contribution in [0.2, 0.25) is 0 Å². The molecule has 0 radical (unpaired) electrons. The zero-order valence-electron chi connectivity index (χ0n) is 26.5. The van der Waals surface area contributed by atoms with E-state index in [-0.39, 0.29) is 25.4 Å². The molecule has 0 bridgehead atoms. The minimum atomic E-state index is -4.75. The third kappa shape index (κ3) is 31.5. The molecule has 0 aliphatic heterocycles. The number of rotatable bonds is 30. The monoisotopic (exact) mass is 621 g/mol. The topological polar surface area (TPSA) is 148 Å². The molecule has 42 heavy (non-hydrogen) atoms. The van der Waals surface area contributed by atoms with E-state index in [4.69, 9.17) is 19.3 Å². The summed E-state index contributed by atoms with van der Waals surface area (Å²) in [6.45, 7) is 3.66. The Balaban J connectivity index is 3.94. The molecule has 0 aliphatic rings. The average molecular weight is 622 g/mol. The summed E-state index contributed by atoms with van der Waals surface area (Å²) in [6.07, 6.45) is 21.5. The van der Waals surface area contributed by atoms with Gasteiger partial charge in [0.15, 0.2) is 6.10 Å². The summed E-state index contributed by atoms with van der Waals surface area (Å²) in [6, 6.07) is 0. The maximum Gasteiger partial charge on any atom is 0.469 e. The van der Waals surface area contributed by atoms with E-state index in [1.807, 2.05) is 0 Å². The molecule has 1 amide bonds. The van der Waals surface area contributed by atoms with E-state index in [0.29, 0.717) is 12.8 Å². The van der Waals surface area contributed by atoms with Gasteiger partial charge in [0, 0.05) is 26.3 Å². The van der Waals surface area contributed by atoms with Gasteiger partial charge in [0.1, 0.15) is 6.61 Å². The van der Waals surface area contributed by atoms with Crippen molar-refractivity contribution < 1.29 is 42.7 Å². The van der Waals surface area contributed by atoms with Gasteiger partial charge in [-0.3, -0.25) is 18.9 Å². The Kier molecular flexibility index (Phi) is 27.3. The summed E-state index contributed by atoms with van der Waals surface area (Å²) in [7, 11) is -4.75. The molecule has 0 saturated heterocycles. The van der Waals surface area contributed by atoms with Crippen LogP contribution < -0.4 is 5.32 Å². The van der Waals surface area contributed by atoms with Crippen molar-refractivity contribution in [1.82, 2.24) is 5.32 Å². The van der Waals surface area contributed by atoms with E-state index in [9.17, 15) is 18.9 Å². The molecule has 0 fully saturated rings. The summed E-state index contributed by atoms with van der Waals surface area (Å²) in [4.78, 5) is 53.2. The zero-order valence-corrected chi connectivity index (χ0v) is 27.3. The van der Waals surface area contributed by atoms with Crippen LogP contribution in [0, 0.1) is 0 Å². The van der Waals surface area contributed by atoms with E-state index in [2.05, 4.69) is 16.8 Å². The van der Waals surface area contributed by atoms with Gasteiger partial charge in [0.25, 0.3) is 0 Å². The predicted molar refractivity (Wildman–Crippen MR) is 165 cm³/mol. The third-order valence-electron chi connectivity index (χ3n) is 7.07. The number of esters is 2. The van der Waals surface area contributed by atoms with E-state index in [0.717, 1.165) is 57.9 Å². The van der Waals surface area contributed by atoms with Gasteiger partial charge in [-0.1, -0.05) is 116 Å². The van der Waals surface area contributed by atoms with Crippen molar-refractivity contribution in [3.8, 4) is 0 Å². The molecule has 248 valence electrons. The van der Waals surface area contributed by atoms with Gasteiger partial charge in [0.2, 0.25) is 5.91 Å². The number of carbonyl (C=O) groups excluding carboxylic acids is 3. The molecule has 0 aromatic heterocycles. The molecule has 3 N–H and O–H groups in total. The molecule has 0 aromatic rings. The van der Waals surface area contributed by atoms with Crippen LogP contribution in [0.25, 0.3) is 0 Å². The summed E-state index contributed by atoms with van der Waals surface area (Å²) in [5, 5.41) is 2.82. The Bertz CT molecular complexity index is 729. The average Bonchev–Trinajstić information content (AvgIpc) is 2.93. The molecule has 11 heteroatoms. The molecule has 0 aromatic carbocycles. The second-order valence-corrected chi connectivity index (χ2v) is 12.5. The van der Waals surface area contributed by atoms with Gasteiger partial charge in [-0.15, -0.1) is 0 Å². The minimum absolute atomic E-state index is 0.0315. The van der Waals surface area contributed by atoms with Gasteiger partial charge in [-0.05, 0) is 19.3 Å². The van der Waals surface area contributed by atoms with Gasteiger partial charge < -0.3 is 24.6 Å². The van der Waals surface area contributed by atoms with Crippen molar-refractivity contribution in [2.45, 2.75) is 161 Å². The molecule has 0 heterocycles. The molecule has 1 atom stereocenters. The number of carbonyl (C=O) groups is 3. The minimum Gasteiger partial charge on any atom is -0.462 e. The third-order valence-corrected chi connectivity index (χ3v) is 7.56. The van der Waals surface area contributed by atoms with E-state index >= 15 is 0 Å². The highest BCUT2D eigenvalue weighted by molar-refractivity contribution is 7.46. The first-order chi connectivity index (χ1) is 20.1. The lowest BCUT2D eigenvalue weighted by Gasteiger charge is -2.18. The fourth-order valence-electron chi connectivity index (χ4n) is 4.63. The van der Waals surface area contributed by atoms with Crippen molar-refractivity contribution in [2.24, 2.45) is 0 Å². The van der Waals surface area contributed by atoms with Crippen LogP contribution in [0.5, 0.6) is 0 Å². The number of phosphoric acid groups is 1. The molecule has 0 unspecified atom stereocenters. The summed E-state index contributed by atoms with van der Waals surface area (Å²) in [5.41, 5.74) is 0. The number of ether oxygens (including phenoxy) is 2. The van der Waals surface area contributed by atoms with E-state index in [1.165, 1.54) is 64.2 Å². The molecule has 0 rings (SSSR count). The number of hydrogen-bond acceptors (Lipinski definition) is 7. The van der Waals surface area contributed by atoms with E-state index < -0.39 is 32.5 Å². The second-order valence-electron chi connectivity index (χ2n) is 11.3. The zero-order chi connectivity index (χ0) is 31.3. The molecule has 0 aliphatic carbocycles. The van der Waals surface area contributed by atoms with Gasteiger partial charge in [-0.25, -0.2) is 4.57 Å². The van der Waals surface area contributed by atoms with Gasteiger partial charge in [-0.2, -0.15) is 0 Å². The number of nitrogens with one attached hydrogen (secondary N) is 1. The standard InChI is InChI=1S/C31H60NO9P/c1-3-4-5-6-7-11-15-18-21-24-31(35)41-29(27-40-42(36,37)38)26-39-30(34)23-20-17-14-12-9-8-10-13-16-19-22-25-32-28(2)33/h29H,3-27H2,1-2H3,(H,32,33)(H2,36,37,38)/t29-/m0/s1. The Morgan fingerprint density at radius 1 is 0.643 bits per heavy atom. The predicted octanol–water partition coefficient (Wildman–Crippen LogP) is 7.29. The lowest BCUT2D eigenvalue weighted by atomic mass is 10.1. The fourth-order valence-corrected chi connectivity index (χ4v) is 4.99. The number of amides is 1. The first-order valence-corrected chi connectivity index (χ1v) is 18.0. The van der Waals surface area contributed by atoms with Crippen LogP contribution in [0.1, 0.15) is 155 Å². The largest absolute Gasteiger partial charge is 0.469 e. The van der Waals surface area contributed by atoms with Gasteiger partial charge in [0.05, 0.1) is 6.61 Å². The maximum atomic E-state index is 12.2. The highest BCUT2D eigenvalue weighted by Crippen LogP contribution is 2.35. The van der Waals surface area contributed by atoms with Crippen molar-refractivity contribution in [1.29, 1.82) is 0 Å². The van der Waals surface area contributed by atoms with Crippen molar-refractivity contribution in [3.05, 3.63) is 0 Å². The van der Waals surface area contributed by atoms with Crippen molar-refractivity contribution in [2.75, 3.05) is 19.8 Å². The van der Waals surface area contributed by atoms with Crippen molar-refractivity contribution in [3.63, 3.8) is 0 Å². The Labute approximate surface area is 254 Å². The lowest BCUT2D eigenvalue weighted by molar-refractivity contribution is -0.161. The normalized spacial score (nSPS) is 12.2. The van der Waals surface area contributed by atoms with Crippen LogP contribution in [-0.4, -0.2) is 53.5 Å².